The minimum Gasteiger partial charge on any atom is -0.635 e. The van der Waals surface area contributed by atoms with Gasteiger partial charge in [-0.1, -0.05) is 0 Å². The Labute approximate surface area is 63.6 Å². The van der Waals surface area contributed by atoms with Crippen molar-refractivity contribution in [2.75, 3.05) is 12.0 Å². The second-order valence-electron chi connectivity index (χ2n) is 1.86. The Morgan fingerprint density at radius 1 is 1.90 bits per heavy atom. The quantitative estimate of drug-likeness (QED) is 0.526. The van der Waals surface area contributed by atoms with E-state index < -0.39 is 12.0 Å². The second-order valence-corrected chi connectivity index (χ2v) is 2.85. The van der Waals surface area contributed by atoms with Gasteiger partial charge in [-0.15, -0.1) is 0 Å². The lowest BCUT2D eigenvalue weighted by molar-refractivity contribution is -0.615. The third-order valence-electron chi connectivity index (χ3n) is 1.11. The summed E-state index contributed by atoms with van der Waals surface area (Å²) in [5, 5.41) is 18.4. The zero-order chi connectivity index (χ0) is 7.98. The van der Waals surface area contributed by atoms with Gasteiger partial charge in [0.2, 0.25) is 0 Å². The summed E-state index contributed by atoms with van der Waals surface area (Å²) in [5.74, 6) is -0.306. The molecule has 0 fully saturated rings. The molecule has 0 rings (SSSR count). The molecule has 0 aliphatic heterocycles. The summed E-state index contributed by atoms with van der Waals surface area (Å²) in [4.78, 5) is 10.2. The number of aliphatic carboxylic acids is 1. The predicted octanol–water partition coefficient (Wildman–Crippen LogP) is -0.746. The van der Waals surface area contributed by atoms with Crippen molar-refractivity contribution in [1.82, 2.24) is 0 Å². The number of carboxylic acid groups (broad SMARTS) is 1. The number of nitrogens with two attached hydrogens (primary N) is 1. The van der Waals surface area contributed by atoms with Crippen molar-refractivity contribution in [3.63, 3.8) is 0 Å². The van der Waals surface area contributed by atoms with Crippen molar-refractivity contribution in [3.05, 3.63) is 5.21 Å². The molecule has 0 aliphatic rings. The third-order valence-corrected chi connectivity index (χ3v) is 1.76. The van der Waals surface area contributed by atoms with Gasteiger partial charge >= 0.3 is 5.97 Å². The maximum atomic E-state index is 10.2. The largest absolute Gasteiger partial charge is 0.635 e. The monoisotopic (exact) mass is 165 g/mol. The molecule has 4 nitrogen and oxygen atoms in total. The van der Waals surface area contributed by atoms with Crippen LogP contribution in [0.1, 0.15) is 6.42 Å². The fraction of sp³-hybridized carbons (Fsp3) is 0.800. The van der Waals surface area contributed by atoms with Crippen molar-refractivity contribution in [2.45, 2.75) is 12.5 Å². The van der Waals surface area contributed by atoms with Gasteiger partial charge in [-0.3, -0.25) is 0 Å². The van der Waals surface area contributed by atoms with Crippen LogP contribution in [0.4, 0.5) is 0 Å². The Morgan fingerprint density at radius 2 is 2.50 bits per heavy atom. The molecular formula is C5H11NO3S. The molecule has 0 aliphatic carbocycles. The molecule has 5 heteroatoms. The number of hydrogen-bond donors (Lipinski definition) is 2. The first-order valence-electron chi connectivity index (χ1n) is 2.89. The van der Waals surface area contributed by atoms with E-state index in [2.05, 4.69) is 0 Å². The molecule has 0 saturated carbocycles. The SMILES string of the molecule is CSCCC([NH2+][O-])C(=O)O. The van der Waals surface area contributed by atoms with Gasteiger partial charge in [0.25, 0.3) is 0 Å². The van der Waals surface area contributed by atoms with E-state index in [9.17, 15) is 10.0 Å². The highest BCUT2D eigenvalue weighted by atomic mass is 32.2. The molecule has 0 saturated heterocycles. The van der Waals surface area contributed by atoms with Crippen LogP contribution in [-0.2, 0) is 4.79 Å². The Morgan fingerprint density at radius 3 is 2.80 bits per heavy atom. The number of quaternary nitrogens is 1. The molecule has 1 atom stereocenters. The van der Waals surface area contributed by atoms with Crippen molar-refractivity contribution in [1.29, 1.82) is 0 Å². The average molecular weight is 165 g/mol. The Hall–Kier alpha value is -0.260. The van der Waals surface area contributed by atoms with E-state index in [0.29, 0.717) is 11.9 Å². The lowest BCUT2D eigenvalue weighted by Gasteiger charge is -2.10. The molecule has 0 radical (unpaired) electrons. The summed E-state index contributed by atoms with van der Waals surface area (Å²) in [6.45, 7) is 0. The van der Waals surface area contributed by atoms with Crippen LogP contribution in [0, 0.1) is 5.21 Å². The number of carboxylic acids is 1. The van der Waals surface area contributed by atoms with E-state index >= 15 is 0 Å². The van der Waals surface area contributed by atoms with Crippen LogP contribution in [-0.4, -0.2) is 29.1 Å². The van der Waals surface area contributed by atoms with E-state index in [0.717, 1.165) is 5.75 Å². The van der Waals surface area contributed by atoms with Gasteiger partial charge in [-0.05, 0) is 12.0 Å². The van der Waals surface area contributed by atoms with Crippen LogP contribution >= 0.6 is 11.8 Å². The van der Waals surface area contributed by atoms with Gasteiger partial charge in [0, 0.05) is 6.42 Å². The van der Waals surface area contributed by atoms with Gasteiger partial charge in [0.15, 0.2) is 6.04 Å². The van der Waals surface area contributed by atoms with Crippen molar-refractivity contribution in [3.8, 4) is 0 Å². The van der Waals surface area contributed by atoms with Crippen molar-refractivity contribution < 1.29 is 15.4 Å². The van der Waals surface area contributed by atoms with Crippen LogP contribution in [0.2, 0.25) is 0 Å². The summed E-state index contributed by atoms with van der Waals surface area (Å²) < 4.78 is 0. The fourth-order valence-electron chi connectivity index (χ4n) is 0.495. The highest BCUT2D eigenvalue weighted by molar-refractivity contribution is 7.98. The molecule has 0 amide bonds. The van der Waals surface area contributed by atoms with Gasteiger partial charge in [0.1, 0.15) is 0 Å². The van der Waals surface area contributed by atoms with E-state index in [1.165, 1.54) is 0 Å². The Bertz CT molecular complexity index is 109. The molecule has 1 unspecified atom stereocenters. The average Bonchev–Trinajstić information content (AvgIpc) is 1.89. The van der Waals surface area contributed by atoms with Crippen molar-refractivity contribution >= 4 is 17.7 Å². The van der Waals surface area contributed by atoms with Crippen LogP contribution in [0.3, 0.4) is 0 Å². The molecule has 0 heterocycles. The van der Waals surface area contributed by atoms with Gasteiger partial charge in [-0.2, -0.15) is 11.8 Å². The first-order valence-corrected chi connectivity index (χ1v) is 4.28. The summed E-state index contributed by atoms with van der Waals surface area (Å²) in [7, 11) is 0. The molecule has 0 spiro atoms. The Balaban J connectivity index is 3.50. The van der Waals surface area contributed by atoms with Crippen molar-refractivity contribution in [2.24, 2.45) is 0 Å². The van der Waals surface area contributed by atoms with E-state index in [1.54, 1.807) is 11.8 Å². The van der Waals surface area contributed by atoms with Crippen LogP contribution in [0.5, 0.6) is 0 Å². The third kappa shape index (κ3) is 3.71. The molecule has 0 aromatic heterocycles. The highest BCUT2D eigenvalue weighted by Gasteiger charge is 2.15. The van der Waals surface area contributed by atoms with Crippen LogP contribution in [0.25, 0.3) is 0 Å². The number of carbonyl (C=O) groups is 1. The normalized spacial score (nSPS) is 13.0. The minimum atomic E-state index is -1.02. The summed E-state index contributed by atoms with van der Waals surface area (Å²) >= 11 is 1.54. The first-order chi connectivity index (χ1) is 4.72. The van der Waals surface area contributed by atoms with E-state index in [4.69, 9.17) is 5.11 Å². The lowest BCUT2D eigenvalue weighted by Crippen LogP contribution is -2.86. The fourth-order valence-corrected chi connectivity index (χ4v) is 0.984. The number of thioether (sulfide) groups is 1. The zero-order valence-electron chi connectivity index (χ0n) is 5.74. The highest BCUT2D eigenvalue weighted by Crippen LogP contribution is 1.97. The smallest absolute Gasteiger partial charge is 0.362 e. The second kappa shape index (κ2) is 5.52. The van der Waals surface area contributed by atoms with Gasteiger partial charge < -0.3 is 15.8 Å². The molecule has 0 aromatic carbocycles. The summed E-state index contributed by atoms with van der Waals surface area (Å²) in [6.07, 6.45) is 2.31. The van der Waals surface area contributed by atoms with Gasteiger partial charge in [0.05, 0.1) is 0 Å². The van der Waals surface area contributed by atoms with Crippen LogP contribution < -0.4 is 5.48 Å². The maximum Gasteiger partial charge on any atom is 0.362 e. The molecule has 0 aromatic rings. The standard InChI is InChI=1S/C5H11NO3S/c1-10-3-2-4(6-9)5(7)8/h4H,2-3,6H2,1H3,(H,7,8). The zero-order valence-corrected chi connectivity index (χ0v) is 6.56. The molecular weight excluding hydrogens is 154 g/mol. The molecule has 10 heavy (non-hydrogen) atoms. The predicted molar refractivity (Wildman–Crippen MR) is 39.7 cm³/mol. The summed E-state index contributed by atoms with van der Waals surface area (Å²) in [6, 6.07) is -0.813. The molecule has 0 bridgehead atoms. The lowest BCUT2D eigenvalue weighted by atomic mass is 10.2. The number of rotatable bonds is 5. The number of hydrogen-bond acceptors (Lipinski definition) is 3. The topological polar surface area (TPSA) is 77.0 Å². The molecule has 60 valence electrons. The van der Waals surface area contributed by atoms with E-state index in [-0.39, 0.29) is 0 Å². The minimum absolute atomic E-state index is 0.431. The van der Waals surface area contributed by atoms with E-state index in [1.807, 2.05) is 6.26 Å². The summed E-state index contributed by atoms with van der Waals surface area (Å²) in [5.41, 5.74) is 0.485. The first kappa shape index (κ1) is 9.74. The maximum absolute atomic E-state index is 10.2. The molecule has 3 N–H and O–H groups in total. The van der Waals surface area contributed by atoms with Gasteiger partial charge in [-0.25, -0.2) is 4.79 Å². The Kier molecular flexibility index (Phi) is 5.38. The number of hydroxylamine groups is 1. The van der Waals surface area contributed by atoms with Crippen LogP contribution in [0.15, 0.2) is 0 Å².